The number of fused-ring (bicyclic) bond motifs is 1. The minimum Gasteiger partial charge on any atom is -0.489 e. The van der Waals surface area contributed by atoms with Gasteiger partial charge >= 0.3 is 0 Å². The molecule has 0 radical (unpaired) electrons. The van der Waals surface area contributed by atoms with E-state index in [-0.39, 0.29) is 6.10 Å². The molecule has 1 fully saturated rings. The lowest BCUT2D eigenvalue weighted by Gasteiger charge is -2.17. The topological polar surface area (TPSA) is 43.2 Å². The summed E-state index contributed by atoms with van der Waals surface area (Å²) >= 11 is 0. The summed E-state index contributed by atoms with van der Waals surface area (Å²) in [6.07, 6.45) is 4.83. The molecule has 0 bridgehead atoms. The van der Waals surface area contributed by atoms with Crippen LogP contribution in [0.1, 0.15) is 19.2 Å². The van der Waals surface area contributed by atoms with E-state index in [9.17, 15) is 0 Å². The Morgan fingerprint density at radius 2 is 2.00 bits per heavy atom. The number of hydrogen-bond acceptors (Lipinski definition) is 4. The van der Waals surface area contributed by atoms with Crippen LogP contribution in [0.4, 0.5) is 0 Å². The molecule has 124 valence electrons. The number of benzene rings is 1. The maximum absolute atomic E-state index is 6.05. The quantitative estimate of drug-likeness (QED) is 0.724. The van der Waals surface area contributed by atoms with E-state index in [1.807, 2.05) is 18.2 Å². The fourth-order valence-electron chi connectivity index (χ4n) is 3.45. The monoisotopic (exact) mass is 322 g/mol. The van der Waals surface area contributed by atoms with Gasteiger partial charge in [-0.1, -0.05) is 12.1 Å². The Morgan fingerprint density at radius 1 is 1.17 bits per heavy atom. The molecule has 1 aromatic carbocycles. The van der Waals surface area contributed by atoms with Gasteiger partial charge in [-0.05, 0) is 37.6 Å². The molecule has 0 aliphatic carbocycles. The fourth-order valence-corrected chi connectivity index (χ4v) is 3.45. The summed E-state index contributed by atoms with van der Waals surface area (Å²) in [5.41, 5.74) is 2.30. The fraction of sp³-hybridized carbons (Fsp3) is 0.368. The average Bonchev–Trinajstić information content (AvgIpc) is 3.19. The lowest BCUT2D eigenvalue weighted by molar-refractivity contribution is 0.196. The number of pyridine rings is 1. The highest BCUT2D eigenvalue weighted by molar-refractivity contribution is 5.75. The first-order valence-electron chi connectivity index (χ1n) is 8.56. The number of aromatic nitrogens is 3. The molecule has 4 rings (SSSR count). The molecule has 0 unspecified atom stereocenters. The molecule has 1 aliphatic rings. The van der Waals surface area contributed by atoms with Crippen LogP contribution in [0, 0.1) is 0 Å². The molecule has 1 aliphatic heterocycles. The van der Waals surface area contributed by atoms with Gasteiger partial charge in [0.05, 0.1) is 17.6 Å². The molecular formula is C19H22N4O. The zero-order chi connectivity index (χ0) is 16.4. The lowest BCUT2D eigenvalue weighted by atomic mass is 10.3. The highest BCUT2D eigenvalue weighted by atomic mass is 16.5. The van der Waals surface area contributed by atoms with Gasteiger partial charge in [-0.25, -0.2) is 4.98 Å². The van der Waals surface area contributed by atoms with Crippen LogP contribution < -0.4 is 4.74 Å². The number of imidazole rings is 1. The minimum atomic E-state index is 0.242. The molecule has 5 nitrogen and oxygen atoms in total. The van der Waals surface area contributed by atoms with Crippen LogP contribution in [-0.4, -0.2) is 38.6 Å². The van der Waals surface area contributed by atoms with Gasteiger partial charge < -0.3 is 9.30 Å². The van der Waals surface area contributed by atoms with E-state index in [1.54, 1.807) is 12.4 Å². The lowest BCUT2D eigenvalue weighted by Crippen LogP contribution is -2.26. The minimum absolute atomic E-state index is 0.242. The number of likely N-dealkylation sites (tertiary alicyclic amines) is 1. The standard InChI is InChI=1S/C19H22N4O/c1-2-23-18-6-4-3-5-17(18)21-19(23)14-22-12-9-16(13-22)24-15-7-10-20-11-8-15/h3-8,10-11,16H,2,9,12-14H2,1H3/t16-/m0/s1. The summed E-state index contributed by atoms with van der Waals surface area (Å²) in [4.78, 5) is 11.3. The van der Waals surface area contributed by atoms with Gasteiger partial charge in [-0.2, -0.15) is 0 Å². The zero-order valence-electron chi connectivity index (χ0n) is 13.9. The Hall–Kier alpha value is -2.40. The Balaban J connectivity index is 1.45. The van der Waals surface area contributed by atoms with E-state index < -0.39 is 0 Å². The molecule has 0 N–H and O–H groups in total. The first-order valence-corrected chi connectivity index (χ1v) is 8.56. The molecule has 0 spiro atoms. The Morgan fingerprint density at radius 3 is 2.83 bits per heavy atom. The third-order valence-electron chi connectivity index (χ3n) is 4.60. The first kappa shape index (κ1) is 15.1. The van der Waals surface area contributed by atoms with E-state index >= 15 is 0 Å². The van der Waals surface area contributed by atoms with Gasteiger partial charge in [0.15, 0.2) is 0 Å². The molecule has 3 aromatic rings. The van der Waals surface area contributed by atoms with Crippen molar-refractivity contribution in [1.29, 1.82) is 0 Å². The van der Waals surface area contributed by atoms with Gasteiger partial charge in [0.25, 0.3) is 0 Å². The van der Waals surface area contributed by atoms with Gasteiger partial charge in [0, 0.05) is 32.0 Å². The summed E-state index contributed by atoms with van der Waals surface area (Å²) in [6, 6.07) is 12.2. The van der Waals surface area contributed by atoms with Crippen LogP contribution in [-0.2, 0) is 13.1 Å². The van der Waals surface area contributed by atoms with Crippen molar-refractivity contribution in [2.75, 3.05) is 13.1 Å². The van der Waals surface area contributed by atoms with Crippen molar-refractivity contribution >= 4 is 11.0 Å². The van der Waals surface area contributed by atoms with Crippen molar-refractivity contribution < 1.29 is 4.74 Å². The Bertz CT molecular complexity index is 815. The molecule has 24 heavy (non-hydrogen) atoms. The summed E-state index contributed by atoms with van der Waals surface area (Å²) in [5, 5.41) is 0. The van der Waals surface area contributed by atoms with Crippen LogP contribution >= 0.6 is 0 Å². The number of ether oxygens (including phenoxy) is 1. The van der Waals surface area contributed by atoms with Gasteiger partial charge in [-0.3, -0.25) is 9.88 Å². The van der Waals surface area contributed by atoms with Crippen molar-refractivity contribution in [2.24, 2.45) is 0 Å². The first-order chi connectivity index (χ1) is 11.8. The van der Waals surface area contributed by atoms with Crippen molar-refractivity contribution in [3.8, 4) is 5.75 Å². The van der Waals surface area contributed by atoms with E-state index in [0.29, 0.717) is 0 Å². The molecular weight excluding hydrogens is 300 g/mol. The molecule has 3 heterocycles. The second-order valence-corrected chi connectivity index (χ2v) is 6.21. The summed E-state index contributed by atoms with van der Waals surface area (Å²) in [6.45, 7) is 5.98. The van der Waals surface area contributed by atoms with Crippen LogP contribution in [0.3, 0.4) is 0 Å². The predicted octanol–water partition coefficient (Wildman–Crippen LogP) is 3.10. The van der Waals surface area contributed by atoms with Crippen LogP contribution in [0.15, 0.2) is 48.8 Å². The second-order valence-electron chi connectivity index (χ2n) is 6.21. The number of hydrogen-bond donors (Lipinski definition) is 0. The molecule has 5 heteroatoms. The van der Waals surface area contributed by atoms with E-state index in [2.05, 4.69) is 39.6 Å². The van der Waals surface area contributed by atoms with Crippen LogP contribution in [0.5, 0.6) is 5.75 Å². The van der Waals surface area contributed by atoms with Crippen LogP contribution in [0.25, 0.3) is 11.0 Å². The van der Waals surface area contributed by atoms with Crippen LogP contribution in [0.2, 0.25) is 0 Å². The van der Waals surface area contributed by atoms with Crippen molar-refractivity contribution in [2.45, 2.75) is 32.5 Å². The maximum atomic E-state index is 6.05. The second kappa shape index (κ2) is 6.61. The summed E-state index contributed by atoms with van der Waals surface area (Å²) < 4.78 is 8.36. The van der Waals surface area contributed by atoms with E-state index in [0.717, 1.165) is 49.7 Å². The number of para-hydroxylation sites is 2. The largest absolute Gasteiger partial charge is 0.489 e. The number of aryl methyl sites for hydroxylation is 1. The molecule has 2 aromatic heterocycles. The zero-order valence-corrected chi connectivity index (χ0v) is 13.9. The van der Waals surface area contributed by atoms with Gasteiger partial charge in [0.2, 0.25) is 0 Å². The summed E-state index contributed by atoms with van der Waals surface area (Å²) in [5.74, 6) is 2.04. The highest BCUT2D eigenvalue weighted by Crippen LogP contribution is 2.21. The van der Waals surface area contributed by atoms with Gasteiger partial charge in [-0.15, -0.1) is 0 Å². The summed E-state index contributed by atoms with van der Waals surface area (Å²) in [7, 11) is 0. The molecule has 1 saturated heterocycles. The maximum Gasteiger partial charge on any atom is 0.124 e. The van der Waals surface area contributed by atoms with E-state index in [4.69, 9.17) is 9.72 Å². The van der Waals surface area contributed by atoms with Gasteiger partial charge in [0.1, 0.15) is 17.7 Å². The average molecular weight is 322 g/mol. The predicted molar refractivity (Wildman–Crippen MR) is 94.0 cm³/mol. The Kier molecular flexibility index (Phi) is 4.17. The third-order valence-corrected chi connectivity index (χ3v) is 4.60. The van der Waals surface area contributed by atoms with Crippen molar-refractivity contribution in [3.05, 3.63) is 54.6 Å². The molecule has 1 atom stereocenters. The third kappa shape index (κ3) is 2.99. The molecule has 0 amide bonds. The molecule has 0 saturated carbocycles. The van der Waals surface area contributed by atoms with E-state index in [1.165, 1.54) is 5.52 Å². The smallest absolute Gasteiger partial charge is 0.124 e. The Labute approximate surface area is 141 Å². The normalized spacial score (nSPS) is 18.3. The number of rotatable bonds is 5. The SMILES string of the molecule is CCn1c(CN2CC[C@H](Oc3ccncc3)C2)nc2ccccc21. The van der Waals surface area contributed by atoms with Crippen molar-refractivity contribution in [1.82, 2.24) is 19.4 Å². The highest BCUT2D eigenvalue weighted by Gasteiger charge is 2.25. The number of nitrogens with zero attached hydrogens (tertiary/aromatic N) is 4. The van der Waals surface area contributed by atoms with Crippen molar-refractivity contribution in [3.63, 3.8) is 0 Å².